The summed E-state index contributed by atoms with van der Waals surface area (Å²) in [6, 6.07) is 7.13. The van der Waals surface area contributed by atoms with E-state index in [1.807, 2.05) is 0 Å². The molecule has 1 aromatic rings. The van der Waals surface area contributed by atoms with E-state index in [9.17, 15) is 0 Å². The van der Waals surface area contributed by atoms with Crippen molar-refractivity contribution in [2.45, 2.75) is 44.9 Å². The maximum atomic E-state index is 5.00. The number of nitrogens with one attached hydrogen (secondary N) is 1. The number of fused-ring (bicyclic) bond motifs is 1. The Balaban J connectivity index is 1.56. The second-order valence-electron chi connectivity index (χ2n) is 5.51. The second-order valence-corrected chi connectivity index (χ2v) is 5.51. The molecular formula is C17H27NO. The lowest BCUT2D eigenvalue weighted by molar-refractivity contribution is 0.199. The van der Waals surface area contributed by atoms with E-state index in [0.717, 1.165) is 19.7 Å². The van der Waals surface area contributed by atoms with E-state index in [1.54, 1.807) is 18.2 Å². The second kappa shape index (κ2) is 8.34. The average molecular weight is 261 g/mol. The number of methoxy groups -OCH3 is 1. The van der Waals surface area contributed by atoms with E-state index in [0.29, 0.717) is 0 Å². The van der Waals surface area contributed by atoms with Gasteiger partial charge in [0.2, 0.25) is 0 Å². The van der Waals surface area contributed by atoms with Gasteiger partial charge in [0.05, 0.1) is 6.61 Å². The third-order valence-electron chi connectivity index (χ3n) is 3.96. The molecular weight excluding hydrogens is 234 g/mol. The standard InChI is InChI=1S/C17H27NO/c1-19-13-12-18-11-4-2-3-6-15-9-10-16-7-5-8-17(16)14-15/h9-10,14,18H,2-8,11-13H2,1H3. The number of ether oxygens (including phenoxy) is 1. The first-order chi connectivity index (χ1) is 9.40. The van der Waals surface area contributed by atoms with Crippen LogP contribution in [0.1, 0.15) is 42.4 Å². The fourth-order valence-corrected chi connectivity index (χ4v) is 2.84. The summed E-state index contributed by atoms with van der Waals surface area (Å²) in [6.07, 6.45) is 9.09. The molecule has 2 nitrogen and oxygen atoms in total. The number of aryl methyl sites for hydroxylation is 3. The SMILES string of the molecule is COCCNCCCCCc1ccc2c(c1)CCC2. The molecule has 0 heterocycles. The molecule has 0 atom stereocenters. The van der Waals surface area contributed by atoms with Crippen molar-refractivity contribution >= 4 is 0 Å². The molecule has 1 aromatic carbocycles. The normalized spacial score (nSPS) is 13.7. The summed E-state index contributed by atoms with van der Waals surface area (Å²) in [5.41, 5.74) is 4.73. The van der Waals surface area contributed by atoms with Gasteiger partial charge in [-0.05, 0) is 61.8 Å². The van der Waals surface area contributed by atoms with Gasteiger partial charge in [0.1, 0.15) is 0 Å². The van der Waals surface area contributed by atoms with Crippen molar-refractivity contribution in [2.24, 2.45) is 0 Å². The van der Waals surface area contributed by atoms with Gasteiger partial charge in [0, 0.05) is 13.7 Å². The highest BCUT2D eigenvalue weighted by atomic mass is 16.5. The van der Waals surface area contributed by atoms with Gasteiger partial charge in [0.15, 0.2) is 0 Å². The molecule has 0 unspecified atom stereocenters. The molecule has 0 aliphatic heterocycles. The van der Waals surface area contributed by atoms with Crippen molar-refractivity contribution in [2.75, 3.05) is 26.8 Å². The molecule has 2 heteroatoms. The fourth-order valence-electron chi connectivity index (χ4n) is 2.84. The van der Waals surface area contributed by atoms with Crippen molar-refractivity contribution in [1.82, 2.24) is 5.32 Å². The lowest BCUT2D eigenvalue weighted by atomic mass is 10.0. The van der Waals surface area contributed by atoms with Gasteiger partial charge in [0.25, 0.3) is 0 Å². The van der Waals surface area contributed by atoms with Gasteiger partial charge in [-0.2, -0.15) is 0 Å². The highest BCUT2D eigenvalue weighted by molar-refractivity contribution is 5.35. The van der Waals surface area contributed by atoms with Crippen molar-refractivity contribution in [3.63, 3.8) is 0 Å². The Morgan fingerprint density at radius 3 is 2.84 bits per heavy atom. The third kappa shape index (κ3) is 4.96. The van der Waals surface area contributed by atoms with Crippen LogP contribution >= 0.6 is 0 Å². The molecule has 0 radical (unpaired) electrons. The molecule has 0 fully saturated rings. The zero-order chi connectivity index (χ0) is 13.3. The van der Waals surface area contributed by atoms with Gasteiger partial charge in [-0.15, -0.1) is 0 Å². The van der Waals surface area contributed by atoms with Crippen LogP contribution in [0.2, 0.25) is 0 Å². The van der Waals surface area contributed by atoms with Crippen LogP contribution in [0, 0.1) is 0 Å². The molecule has 0 spiro atoms. The van der Waals surface area contributed by atoms with E-state index in [-0.39, 0.29) is 0 Å². The minimum Gasteiger partial charge on any atom is -0.383 e. The Kier molecular flexibility index (Phi) is 6.38. The van der Waals surface area contributed by atoms with Crippen molar-refractivity contribution in [1.29, 1.82) is 0 Å². The van der Waals surface area contributed by atoms with Crippen molar-refractivity contribution in [3.05, 3.63) is 34.9 Å². The van der Waals surface area contributed by atoms with Gasteiger partial charge in [-0.25, -0.2) is 0 Å². The number of unbranched alkanes of at least 4 members (excludes halogenated alkanes) is 2. The maximum Gasteiger partial charge on any atom is 0.0587 e. The van der Waals surface area contributed by atoms with Crippen LogP contribution in [-0.2, 0) is 24.0 Å². The predicted octanol–water partition coefficient (Wildman–Crippen LogP) is 3.12. The minimum atomic E-state index is 0.815. The molecule has 1 aliphatic rings. The molecule has 1 aliphatic carbocycles. The predicted molar refractivity (Wildman–Crippen MR) is 80.8 cm³/mol. The topological polar surface area (TPSA) is 21.3 Å². The lowest BCUT2D eigenvalue weighted by Crippen LogP contribution is -2.20. The summed E-state index contributed by atoms with van der Waals surface area (Å²) in [5.74, 6) is 0. The van der Waals surface area contributed by atoms with Gasteiger partial charge < -0.3 is 10.1 Å². The summed E-state index contributed by atoms with van der Waals surface area (Å²) in [6.45, 7) is 2.91. The summed E-state index contributed by atoms with van der Waals surface area (Å²) in [4.78, 5) is 0. The summed E-state index contributed by atoms with van der Waals surface area (Å²) >= 11 is 0. The highest BCUT2D eigenvalue weighted by Crippen LogP contribution is 2.23. The Morgan fingerprint density at radius 2 is 1.95 bits per heavy atom. The molecule has 0 aromatic heterocycles. The van der Waals surface area contributed by atoms with Crippen LogP contribution in [0.25, 0.3) is 0 Å². The largest absolute Gasteiger partial charge is 0.383 e. The van der Waals surface area contributed by atoms with E-state index in [2.05, 4.69) is 23.5 Å². The van der Waals surface area contributed by atoms with Crippen LogP contribution in [-0.4, -0.2) is 26.8 Å². The molecule has 1 N–H and O–H groups in total. The zero-order valence-electron chi connectivity index (χ0n) is 12.2. The smallest absolute Gasteiger partial charge is 0.0587 e. The van der Waals surface area contributed by atoms with Crippen molar-refractivity contribution in [3.8, 4) is 0 Å². The summed E-state index contributed by atoms with van der Waals surface area (Å²) < 4.78 is 5.00. The monoisotopic (exact) mass is 261 g/mol. The van der Waals surface area contributed by atoms with Crippen LogP contribution in [0.3, 0.4) is 0 Å². The molecule has 0 amide bonds. The lowest BCUT2D eigenvalue weighted by Gasteiger charge is -2.06. The van der Waals surface area contributed by atoms with Crippen LogP contribution in [0.4, 0.5) is 0 Å². The number of hydrogen-bond acceptors (Lipinski definition) is 2. The first kappa shape index (κ1) is 14.5. The molecule has 19 heavy (non-hydrogen) atoms. The minimum absolute atomic E-state index is 0.815. The van der Waals surface area contributed by atoms with Crippen molar-refractivity contribution < 1.29 is 4.74 Å². The molecule has 0 saturated carbocycles. The van der Waals surface area contributed by atoms with E-state index < -0.39 is 0 Å². The maximum absolute atomic E-state index is 5.00. The van der Waals surface area contributed by atoms with E-state index >= 15 is 0 Å². The van der Waals surface area contributed by atoms with E-state index in [1.165, 1.54) is 50.5 Å². The van der Waals surface area contributed by atoms with Crippen LogP contribution < -0.4 is 5.32 Å². The van der Waals surface area contributed by atoms with Crippen LogP contribution in [0.5, 0.6) is 0 Å². The first-order valence-corrected chi connectivity index (χ1v) is 7.70. The average Bonchev–Trinajstić information content (AvgIpc) is 2.89. The number of benzene rings is 1. The Hall–Kier alpha value is -0.860. The molecule has 0 saturated heterocycles. The fraction of sp³-hybridized carbons (Fsp3) is 0.647. The first-order valence-electron chi connectivity index (χ1n) is 7.70. The quantitative estimate of drug-likeness (QED) is 0.690. The molecule has 0 bridgehead atoms. The van der Waals surface area contributed by atoms with Crippen LogP contribution in [0.15, 0.2) is 18.2 Å². The van der Waals surface area contributed by atoms with E-state index in [4.69, 9.17) is 4.74 Å². The van der Waals surface area contributed by atoms with Gasteiger partial charge in [-0.1, -0.05) is 24.6 Å². The van der Waals surface area contributed by atoms with Gasteiger partial charge in [-0.3, -0.25) is 0 Å². The van der Waals surface area contributed by atoms with Gasteiger partial charge >= 0.3 is 0 Å². The molecule has 2 rings (SSSR count). The molecule has 106 valence electrons. The zero-order valence-corrected chi connectivity index (χ0v) is 12.2. The Labute approximate surface area is 117 Å². The summed E-state index contributed by atoms with van der Waals surface area (Å²) in [5, 5.41) is 3.39. The Morgan fingerprint density at radius 1 is 1.05 bits per heavy atom. The summed E-state index contributed by atoms with van der Waals surface area (Å²) in [7, 11) is 1.75. The highest BCUT2D eigenvalue weighted by Gasteiger charge is 2.10. The number of rotatable bonds is 9. The third-order valence-corrected chi connectivity index (χ3v) is 3.96. The Bertz CT molecular complexity index is 376. The number of hydrogen-bond donors (Lipinski definition) is 1.